The number of anilines is 1. The van der Waals surface area contributed by atoms with Crippen LogP contribution in [0.5, 0.6) is 11.5 Å². The van der Waals surface area contributed by atoms with Gasteiger partial charge in [0.15, 0.2) is 11.5 Å². The van der Waals surface area contributed by atoms with Gasteiger partial charge in [-0.3, -0.25) is 0 Å². The molecule has 10 heteroatoms. The van der Waals surface area contributed by atoms with Crippen LogP contribution < -0.4 is 14.4 Å². The Morgan fingerprint density at radius 2 is 1.77 bits per heavy atom. The molecule has 2 saturated heterocycles. The molecule has 0 unspecified atom stereocenters. The van der Waals surface area contributed by atoms with Crippen molar-refractivity contribution in [3.05, 3.63) is 53.9 Å². The molecule has 1 aromatic heterocycles. The van der Waals surface area contributed by atoms with Crippen LogP contribution in [0.25, 0.3) is 10.9 Å². The maximum absolute atomic E-state index is 8.99. The molecule has 0 saturated carbocycles. The lowest BCUT2D eigenvalue weighted by Crippen LogP contribution is -2.48. The molecule has 2 aliphatic heterocycles. The second kappa shape index (κ2) is 14.0. The third-order valence-electron chi connectivity index (χ3n) is 7.51. The van der Waals surface area contributed by atoms with Gasteiger partial charge in [0, 0.05) is 49.9 Å². The lowest BCUT2D eigenvalue weighted by atomic mass is 10.1. The number of piperidine rings is 1. The SMILES string of the molecule is COc1cc2c(N3CCN(C(=S)SCc4ccc(C#N)cc4)CC3)ncnc2cc1OCCCN1CCCCC1. The third-order valence-corrected chi connectivity index (χ3v) is 9.10. The number of rotatable bonds is 9. The zero-order chi connectivity index (χ0) is 27.7. The Morgan fingerprint density at radius 3 is 2.50 bits per heavy atom. The average Bonchev–Trinajstić information content (AvgIpc) is 3.02. The Hall–Kier alpha value is -3.13. The fraction of sp³-hybridized carbons (Fsp3) is 0.467. The number of likely N-dealkylation sites (tertiary alicyclic amines) is 1. The first-order valence-corrected chi connectivity index (χ1v) is 15.4. The van der Waals surface area contributed by atoms with Gasteiger partial charge < -0.3 is 24.2 Å². The van der Waals surface area contributed by atoms with Crippen LogP contribution in [0, 0.1) is 11.3 Å². The van der Waals surface area contributed by atoms with Gasteiger partial charge in [-0.25, -0.2) is 9.97 Å². The van der Waals surface area contributed by atoms with E-state index < -0.39 is 0 Å². The quantitative estimate of drug-likeness (QED) is 0.253. The number of nitriles is 1. The predicted molar refractivity (Wildman–Crippen MR) is 165 cm³/mol. The van der Waals surface area contributed by atoms with E-state index in [1.807, 2.05) is 36.4 Å². The monoisotopic (exact) mass is 576 g/mol. The summed E-state index contributed by atoms with van der Waals surface area (Å²) in [6.45, 7) is 7.45. The van der Waals surface area contributed by atoms with E-state index in [9.17, 15) is 0 Å². The molecule has 2 aliphatic rings. The van der Waals surface area contributed by atoms with Gasteiger partial charge in [-0.15, -0.1) is 0 Å². The zero-order valence-corrected chi connectivity index (χ0v) is 24.7. The van der Waals surface area contributed by atoms with E-state index in [4.69, 9.17) is 27.0 Å². The molecule has 0 N–H and O–H groups in total. The van der Waals surface area contributed by atoms with Crippen molar-refractivity contribution in [1.82, 2.24) is 19.8 Å². The fourth-order valence-corrected chi connectivity index (χ4v) is 6.45. The number of benzene rings is 2. The Bertz CT molecular complexity index is 1330. The summed E-state index contributed by atoms with van der Waals surface area (Å²) in [6.07, 6.45) is 6.60. The molecular weight excluding hydrogens is 541 g/mol. The van der Waals surface area contributed by atoms with Crippen molar-refractivity contribution in [3.8, 4) is 17.6 Å². The molecule has 0 atom stereocenters. The minimum Gasteiger partial charge on any atom is -0.493 e. The highest BCUT2D eigenvalue weighted by Gasteiger charge is 2.23. The molecule has 5 rings (SSSR count). The number of thioether (sulfide) groups is 1. The molecule has 0 spiro atoms. The summed E-state index contributed by atoms with van der Waals surface area (Å²) in [7, 11) is 1.68. The second-order valence-corrected chi connectivity index (χ2v) is 11.8. The fourth-order valence-electron chi connectivity index (χ4n) is 5.24. The summed E-state index contributed by atoms with van der Waals surface area (Å²) < 4.78 is 12.8. The first-order chi connectivity index (χ1) is 19.6. The molecule has 0 aliphatic carbocycles. The number of piperazine rings is 1. The van der Waals surface area contributed by atoms with Crippen LogP contribution in [0.2, 0.25) is 0 Å². The highest BCUT2D eigenvalue weighted by atomic mass is 32.2. The Kier molecular flexibility index (Phi) is 9.92. The number of ether oxygens (including phenoxy) is 2. The number of hydrogen-bond acceptors (Lipinski definition) is 9. The highest BCUT2D eigenvalue weighted by Crippen LogP contribution is 2.35. The van der Waals surface area contributed by atoms with Gasteiger partial charge >= 0.3 is 0 Å². The molecule has 0 bridgehead atoms. The lowest BCUT2D eigenvalue weighted by Gasteiger charge is -2.36. The maximum Gasteiger partial charge on any atom is 0.163 e. The summed E-state index contributed by atoms with van der Waals surface area (Å²) in [5, 5.41) is 9.95. The number of aromatic nitrogens is 2. The first-order valence-electron chi connectivity index (χ1n) is 14.0. The number of thiocarbonyl (C=S) groups is 1. The minimum absolute atomic E-state index is 0.654. The molecule has 2 aromatic carbocycles. The van der Waals surface area contributed by atoms with Crippen LogP contribution in [0.15, 0.2) is 42.7 Å². The normalized spacial score (nSPS) is 16.1. The molecule has 0 radical (unpaired) electrons. The smallest absolute Gasteiger partial charge is 0.163 e. The second-order valence-electron chi connectivity index (χ2n) is 10.2. The number of fused-ring (bicyclic) bond motifs is 1. The molecule has 8 nitrogen and oxygen atoms in total. The molecule has 3 aromatic rings. The van der Waals surface area contributed by atoms with Crippen molar-refractivity contribution in [1.29, 1.82) is 5.26 Å². The summed E-state index contributed by atoms with van der Waals surface area (Å²) in [4.78, 5) is 16.3. The van der Waals surface area contributed by atoms with Gasteiger partial charge in [0.2, 0.25) is 0 Å². The lowest BCUT2D eigenvalue weighted by molar-refractivity contribution is 0.203. The van der Waals surface area contributed by atoms with Gasteiger partial charge in [-0.05, 0) is 56.1 Å². The highest BCUT2D eigenvalue weighted by molar-refractivity contribution is 8.22. The van der Waals surface area contributed by atoms with Crippen LogP contribution in [0.4, 0.5) is 5.82 Å². The number of methoxy groups -OCH3 is 1. The van der Waals surface area contributed by atoms with Crippen LogP contribution >= 0.6 is 24.0 Å². The standard InChI is InChI=1S/C30H36N6O2S2/c1-37-27-18-25-26(19-28(27)38-17-5-12-34-10-3-2-4-11-34)32-22-33-29(25)35-13-15-36(16-14-35)30(39)40-21-24-8-6-23(20-31)7-9-24/h6-9,18-19,22H,2-5,10-17,21H2,1H3. The Morgan fingerprint density at radius 1 is 1.00 bits per heavy atom. The Balaban J connectivity index is 1.17. The number of nitrogens with zero attached hydrogens (tertiary/aromatic N) is 6. The van der Waals surface area contributed by atoms with Crippen molar-refractivity contribution >= 4 is 45.0 Å². The summed E-state index contributed by atoms with van der Waals surface area (Å²) >= 11 is 7.41. The molecule has 3 heterocycles. The maximum atomic E-state index is 8.99. The van der Waals surface area contributed by atoms with Crippen LogP contribution in [-0.4, -0.2) is 83.6 Å². The first kappa shape index (κ1) is 28.4. The molecule has 40 heavy (non-hydrogen) atoms. The van der Waals surface area contributed by atoms with Crippen molar-refractivity contribution < 1.29 is 9.47 Å². The van der Waals surface area contributed by atoms with E-state index in [0.717, 1.165) is 77.3 Å². The van der Waals surface area contributed by atoms with E-state index in [-0.39, 0.29) is 0 Å². The summed E-state index contributed by atoms with van der Waals surface area (Å²) in [5.41, 5.74) is 2.69. The van der Waals surface area contributed by atoms with E-state index in [2.05, 4.69) is 30.7 Å². The van der Waals surface area contributed by atoms with Gasteiger partial charge in [0.1, 0.15) is 16.5 Å². The topological polar surface area (TPSA) is 77.8 Å². The summed E-state index contributed by atoms with van der Waals surface area (Å²) in [6, 6.07) is 13.8. The largest absolute Gasteiger partial charge is 0.493 e. The van der Waals surface area contributed by atoms with E-state index in [0.29, 0.717) is 17.9 Å². The summed E-state index contributed by atoms with van der Waals surface area (Å²) in [5.74, 6) is 3.15. The molecule has 210 valence electrons. The van der Waals surface area contributed by atoms with Crippen molar-refractivity contribution in [2.45, 2.75) is 31.4 Å². The minimum atomic E-state index is 0.654. The zero-order valence-electron chi connectivity index (χ0n) is 23.1. The average molecular weight is 577 g/mol. The van der Waals surface area contributed by atoms with E-state index in [1.165, 1.54) is 32.4 Å². The van der Waals surface area contributed by atoms with Crippen LogP contribution in [-0.2, 0) is 5.75 Å². The number of hydrogen-bond donors (Lipinski definition) is 0. The van der Waals surface area contributed by atoms with Crippen molar-refractivity contribution in [2.24, 2.45) is 0 Å². The van der Waals surface area contributed by atoms with Crippen LogP contribution in [0.3, 0.4) is 0 Å². The molecule has 0 amide bonds. The van der Waals surface area contributed by atoms with E-state index >= 15 is 0 Å². The van der Waals surface area contributed by atoms with Crippen molar-refractivity contribution in [2.75, 3.05) is 64.4 Å². The van der Waals surface area contributed by atoms with Gasteiger partial charge in [-0.1, -0.05) is 42.5 Å². The Labute approximate surface area is 246 Å². The third kappa shape index (κ3) is 7.14. The van der Waals surface area contributed by atoms with Crippen molar-refractivity contribution in [3.63, 3.8) is 0 Å². The van der Waals surface area contributed by atoms with Gasteiger partial charge in [0.05, 0.1) is 30.9 Å². The van der Waals surface area contributed by atoms with E-state index in [1.54, 1.807) is 25.2 Å². The van der Waals surface area contributed by atoms with Gasteiger partial charge in [-0.2, -0.15) is 5.26 Å². The van der Waals surface area contributed by atoms with Gasteiger partial charge in [0.25, 0.3) is 0 Å². The molecular formula is C30H36N6O2S2. The van der Waals surface area contributed by atoms with Crippen LogP contribution in [0.1, 0.15) is 36.8 Å². The predicted octanol–water partition coefficient (Wildman–Crippen LogP) is 5.11. The molecule has 2 fully saturated rings.